The topological polar surface area (TPSA) is 89.1 Å². The first-order chi connectivity index (χ1) is 11.3. The molecule has 1 fully saturated rings. The molecule has 0 saturated carbocycles. The van der Waals surface area contributed by atoms with Crippen molar-refractivity contribution in [2.75, 3.05) is 13.2 Å². The summed E-state index contributed by atoms with van der Waals surface area (Å²) in [5.74, 6) is 0.317. The van der Waals surface area contributed by atoms with Crippen molar-refractivity contribution in [2.24, 2.45) is 0 Å². The van der Waals surface area contributed by atoms with Crippen LogP contribution in [-0.4, -0.2) is 46.4 Å². The molecule has 0 aliphatic carbocycles. The zero-order valence-corrected chi connectivity index (χ0v) is 13.0. The van der Waals surface area contributed by atoms with Gasteiger partial charge in [0.25, 0.3) is 5.91 Å². The quantitative estimate of drug-likeness (QED) is 0.869. The molecule has 0 unspecified atom stereocenters. The predicted molar refractivity (Wildman–Crippen MR) is 83.3 cm³/mol. The van der Waals surface area contributed by atoms with Gasteiger partial charge in [-0.3, -0.25) is 9.89 Å². The van der Waals surface area contributed by atoms with Gasteiger partial charge in [0, 0.05) is 24.4 Å². The largest absolute Gasteiger partial charge is 0.472 e. The third kappa shape index (κ3) is 3.87. The van der Waals surface area contributed by atoms with E-state index in [9.17, 15) is 4.79 Å². The molecule has 7 nitrogen and oxygen atoms in total. The van der Waals surface area contributed by atoms with E-state index in [4.69, 9.17) is 9.47 Å². The summed E-state index contributed by atoms with van der Waals surface area (Å²) in [6.07, 6.45) is 3.01. The van der Waals surface area contributed by atoms with E-state index in [-0.39, 0.29) is 18.1 Å². The van der Waals surface area contributed by atoms with E-state index in [0.717, 1.165) is 12.1 Å². The Morgan fingerprint density at radius 2 is 2.43 bits per heavy atom. The third-order valence-corrected chi connectivity index (χ3v) is 3.76. The van der Waals surface area contributed by atoms with Crippen molar-refractivity contribution in [3.8, 4) is 5.88 Å². The maximum atomic E-state index is 12.3. The molecule has 2 N–H and O–H groups in total. The molecule has 2 aromatic rings. The number of hydrogen-bond acceptors (Lipinski definition) is 5. The number of carbonyl (C=O) groups is 1. The highest BCUT2D eigenvalue weighted by molar-refractivity contribution is 5.92. The highest BCUT2D eigenvalue weighted by atomic mass is 16.5. The second-order valence-electron chi connectivity index (χ2n) is 5.40. The fraction of sp³-hybridized carbons (Fsp3) is 0.438. The number of aromatic amines is 1. The van der Waals surface area contributed by atoms with Crippen molar-refractivity contribution in [2.45, 2.75) is 31.9 Å². The number of rotatable bonds is 5. The van der Waals surface area contributed by atoms with Crippen molar-refractivity contribution in [3.05, 3.63) is 41.9 Å². The monoisotopic (exact) mass is 316 g/mol. The highest BCUT2D eigenvalue weighted by Gasteiger charge is 2.30. The van der Waals surface area contributed by atoms with Crippen LogP contribution < -0.4 is 10.1 Å². The van der Waals surface area contributed by atoms with Crippen LogP contribution in [0.2, 0.25) is 0 Å². The predicted octanol–water partition coefficient (Wildman–Crippen LogP) is 1.33. The number of pyridine rings is 1. The summed E-state index contributed by atoms with van der Waals surface area (Å²) < 4.78 is 11.4. The van der Waals surface area contributed by atoms with E-state index in [1.807, 2.05) is 19.1 Å². The Morgan fingerprint density at radius 1 is 1.52 bits per heavy atom. The molecule has 0 spiro atoms. The smallest absolute Gasteiger partial charge is 0.272 e. The first-order valence-electron chi connectivity index (χ1n) is 7.77. The van der Waals surface area contributed by atoms with Crippen LogP contribution in [0.3, 0.4) is 0 Å². The lowest BCUT2D eigenvalue weighted by Crippen LogP contribution is -2.52. The molecule has 0 aromatic carbocycles. The van der Waals surface area contributed by atoms with Crippen molar-refractivity contribution in [1.29, 1.82) is 0 Å². The van der Waals surface area contributed by atoms with E-state index in [1.165, 1.54) is 0 Å². The summed E-state index contributed by atoms with van der Waals surface area (Å²) in [7, 11) is 0. The standard InChI is InChI=1S/C16H20N4O3/c1-2-11-9-12(20-19-11)16(21)18-13-10-22-8-6-14(13)23-15-5-3-4-7-17-15/h3-5,7,9,13-14H,2,6,8,10H2,1H3,(H,18,21)(H,19,20)/t13-,14-/m1/s1. The Hall–Kier alpha value is -2.41. The molecule has 2 aromatic heterocycles. The van der Waals surface area contributed by atoms with E-state index in [0.29, 0.717) is 31.2 Å². The molecule has 1 saturated heterocycles. The number of H-pyrrole nitrogens is 1. The van der Waals surface area contributed by atoms with E-state index >= 15 is 0 Å². The van der Waals surface area contributed by atoms with Gasteiger partial charge in [0.2, 0.25) is 5.88 Å². The number of amides is 1. The minimum absolute atomic E-state index is 0.174. The van der Waals surface area contributed by atoms with Gasteiger partial charge >= 0.3 is 0 Å². The van der Waals surface area contributed by atoms with Crippen LogP contribution in [0.15, 0.2) is 30.5 Å². The van der Waals surface area contributed by atoms with Gasteiger partial charge in [0.05, 0.1) is 19.3 Å². The van der Waals surface area contributed by atoms with Gasteiger partial charge in [-0.05, 0) is 18.6 Å². The third-order valence-electron chi connectivity index (χ3n) is 3.76. The molecular formula is C16H20N4O3. The molecule has 7 heteroatoms. The van der Waals surface area contributed by atoms with Gasteiger partial charge in [0.15, 0.2) is 0 Å². The SMILES string of the molecule is CCc1cc(C(=O)N[C@@H]2COCC[C@H]2Oc2ccccn2)n[nH]1. The Kier molecular flexibility index (Phi) is 4.87. The van der Waals surface area contributed by atoms with Crippen LogP contribution >= 0.6 is 0 Å². The number of aromatic nitrogens is 3. The summed E-state index contributed by atoms with van der Waals surface area (Å²) in [6, 6.07) is 7.02. The Labute approximate surface area is 134 Å². The van der Waals surface area contributed by atoms with E-state index < -0.39 is 0 Å². The van der Waals surface area contributed by atoms with Gasteiger partial charge in [0.1, 0.15) is 11.8 Å². The minimum Gasteiger partial charge on any atom is -0.472 e. The summed E-state index contributed by atoms with van der Waals surface area (Å²) in [5.41, 5.74) is 1.31. The van der Waals surface area contributed by atoms with E-state index in [1.54, 1.807) is 18.3 Å². The number of hydrogen-bond donors (Lipinski definition) is 2. The van der Waals surface area contributed by atoms with Crippen molar-refractivity contribution < 1.29 is 14.3 Å². The summed E-state index contributed by atoms with van der Waals surface area (Å²) in [4.78, 5) is 16.5. The van der Waals surface area contributed by atoms with Crippen molar-refractivity contribution >= 4 is 5.91 Å². The molecule has 1 aliphatic rings. The molecule has 122 valence electrons. The molecule has 1 amide bonds. The number of nitrogens with zero attached hydrogens (tertiary/aromatic N) is 2. The lowest BCUT2D eigenvalue weighted by atomic mass is 10.1. The molecule has 3 rings (SSSR count). The maximum Gasteiger partial charge on any atom is 0.272 e. The molecule has 0 radical (unpaired) electrons. The summed E-state index contributed by atoms with van der Waals surface area (Å²) in [6.45, 7) is 3.02. The first-order valence-corrected chi connectivity index (χ1v) is 7.77. The van der Waals surface area contributed by atoms with Crippen LogP contribution in [0.1, 0.15) is 29.5 Å². The molecule has 1 aliphatic heterocycles. The van der Waals surface area contributed by atoms with Gasteiger partial charge in [-0.2, -0.15) is 5.10 Å². The Balaban J connectivity index is 1.65. The molecular weight excluding hydrogens is 296 g/mol. The number of carbonyl (C=O) groups excluding carboxylic acids is 1. The van der Waals surface area contributed by atoms with Crippen LogP contribution in [0.5, 0.6) is 5.88 Å². The van der Waals surface area contributed by atoms with Crippen LogP contribution in [0.25, 0.3) is 0 Å². The normalized spacial score (nSPS) is 20.9. The van der Waals surface area contributed by atoms with Crippen LogP contribution in [0, 0.1) is 0 Å². The number of nitrogens with one attached hydrogen (secondary N) is 2. The minimum atomic E-state index is -0.236. The zero-order chi connectivity index (χ0) is 16.1. The average molecular weight is 316 g/mol. The molecule has 23 heavy (non-hydrogen) atoms. The lowest BCUT2D eigenvalue weighted by molar-refractivity contribution is -0.00454. The average Bonchev–Trinajstić information content (AvgIpc) is 3.07. The molecule has 3 heterocycles. The summed E-state index contributed by atoms with van der Waals surface area (Å²) >= 11 is 0. The fourth-order valence-corrected chi connectivity index (χ4v) is 2.47. The second kappa shape index (κ2) is 7.23. The van der Waals surface area contributed by atoms with E-state index in [2.05, 4.69) is 20.5 Å². The summed E-state index contributed by atoms with van der Waals surface area (Å²) in [5, 5.41) is 9.82. The highest BCUT2D eigenvalue weighted by Crippen LogP contribution is 2.16. The van der Waals surface area contributed by atoms with Gasteiger partial charge < -0.3 is 14.8 Å². The number of ether oxygens (including phenoxy) is 2. The fourth-order valence-electron chi connectivity index (χ4n) is 2.47. The van der Waals surface area contributed by atoms with Crippen LogP contribution in [-0.2, 0) is 11.2 Å². The zero-order valence-electron chi connectivity index (χ0n) is 13.0. The van der Waals surface area contributed by atoms with Gasteiger partial charge in [-0.15, -0.1) is 0 Å². The molecule has 0 bridgehead atoms. The molecule has 2 atom stereocenters. The lowest BCUT2D eigenvalue weighted by Gasteiger charge is -2.31. The Bertz CT molecular complexity index is 644. The first kappa shape index (κ1) is 15.5. The number of aryl methyl sites for hydroxylation is 1. The Morgan fingerprint density at radius 3 is 3.17 bits per heavy atom. The van der Waals surface area contributed by atoms with Gasteiger partial charge in [-0.1, -0.05) is 13.0 Å². The van der Waals surface area contributed by atoms with Crippen molar-refractivity contribution in [1.82, 2.24) is 20.5 Å². The van der Waals surface area contributed by atoms with Gasteiger partial charge in [-0.25, -0.2) is 4.98 Å². The second-order valence-corrected chi connectivity index (χ2v) is 5.40. The van der Waals surface area contributed by atoms with Crippen LogP contribution in [0.4, 0.5) is 0 Å². The maximum absolute atomic E-state index is 12.3. The van der Waals surface area contributed by atoms with Crippen molar-refractivity contribution in [3.63, 3.8) is 0 Å².